The number of aromatic nitrogens is 1. The molecule has 4 aromatic rings. The van der Waals surface area contributed by atoms with Crippen LogP contribution in [0.3, 0.4) is 0 Å². The number of rotatable bonds is 8. The summed E-state index contributed by atoms with van der Waals surface area (Å²) in [5.74, 6) is 0.230. The quantitative estimate of drug-likeness (QED) is 0.240. The van der Waals surface area contributed by atoms with Gasteiger partial charge >= 0.3 is 6.03 Å². The summed E-state index contributed by atoms with van der Waals surface area (Å²) in [5, 5.41) is 4.83. The van der Waals surface area contributed by atoms with Gasteiger partial charge < -0.3 is 25.0 Å². The van der Waals surface area contributed by atoms with Gasteiger partial charge in [-0.15, -0.1) is 0 Å². The van der Waals surface area contributed by atoms with E-state index in [0.29, 0.717) is 43.4 Å². The number of hydrogen-bond acceptors (Lipinski definition) is 3. The summed E-state index contributed by atoms with van der Waals surface area (Å²) in [6.45, 7) is 2.52. The highest BCUT2D eigenvalue weighted by atomic mass is 35.5. The number of piperidine rings is 1. The van der Waals surface area contributed by atoms with E-state index >= 15 is 0 Å². The molecular weight excluding hydrogens is 589 g/mol. The first-order valence-electron chi connectivity index (χ1n) is 15.8. The highest BCUT2D eigenvalue weighted by Crippen LogP contribution is 2.33. The van der Waals surface area contributed by atoms with Gasteiger partial charge in [-0.3, -0.25) is 4.79 Å². The number of benzene rings is 3. The van der Waals surface area contributed by atoms with Crippen molar-refractivity contribution in [2.45, 2.75) is 38.1 Å². The number of hydrogen-bond donors (Lipinski definition) is 2. The van der Waals surface area contributed by atoms with Gasteiger partial charge in [0.1, 0.15) is 11.9 Å². The first kappa shape index (κ1) is 31.1. The Kier molecular flexibility index (Phi) is 9.42. The molecule has 0 unspecified atom stereocenters. The number of urea groups is 1. The normalized spacial score (nSPS) is 17.8. The number of nitrogens with zero attached hydrogens (tertiary/aromatic N) is 3. The van der Waals surface area contributed by atoms with Gasteiger partial charge in [-0.1, -0.05) is 48.0 Å². The number of fused-ring (bicyclic) bond motifs is 2. The largest absolute Gasteiger partial charge is 0.361 e. The summed E-state index contributed by atoms with van der Waals surface area (Å²) in [7, 11) is 4.08. The van der Waals surface area contributed by atoms with Gasteiger partial charge in [0.05, 0.1) is 0 Å². The Bertz CT molecular complexity index is 1660. The number of likely N-dealkylation sites (tertiary alicyclic amines) is 1. The number of halogens is 2. The van der Waals surface area contributed by atoms with Crippen LogP contribution in [0, 0.1) is 17.7 Å². The lowest BCUT2D eigenvalue weighted by Crippen LogP contribution is -2.56. The minimum atomic E-state index is -0.769. The number of carbonyl (C=O) groups excluding carboxylic acids is 2. The lowest BCUT2D eigenvalue weighted by atomic mass is 9.90. The van der Waals surface area contributed by atoms with Crippen LogP contribution >= 0.6 is 11.6 Å². The van der Waals surface area contributed by atoms with E-state index in [9.17, 15) is 14.0 Å². The van der Waals surface area contributed by atoms with Crippen LogP contribution in [0.25, 0.3) is 10.9 Å². The van der Waals surface area contributed by atoms with E-state index < -0.39 is 6.04 Å². The zero-order chi connectivity index (χ0) is 31.5. The molecule has 3 heterocycles. The molecule has 0 saturated carbocycles. The second-order valence-corrected chi connectivity index (χ2v) is 13.3. The summed E-state index contributed by atoms with van der Waals surface area (Å²) < 4.78 is 14.3. The molecule has 1 saturated heterocycles. The Balaban J connectivity index is 1.22. The van der Waals surface area contributed by atoms with Gasteiger partial charge in [0.15, 0.2) is 0 Å². The zero-order valence-corrected chi connectivity index (χ0v) is 26.7. The number of anilines is 1. The number of nitrogens with one attached hydrogen (secondary N) is 2. The van der Waals surface area contributed by atoms with Crippen molar-refractivity contribution in [2.75, 3.05) is 45.2 Å². The predicted octanol–water partition coefficient (Wildman–Crippen LogP) is 6.30. The SMILES string of the molecule is CN(C)C[C@H]1Cc2cc(Cl)ccc2N(C(=O)[C@@H](Cc2c[nH]c3ccccc23)NC(=O)N2CCC(Cc3ccccc3F)CC2)C1. The third-order valence-electron chi connectivity index (χ3n) is 9.23. The van der Waals surface area contributed by atoms with Gasteiger partial charge in [0.2, 0.25) is 5.91 Å². The van der Waals surface area contributed by atoms with Crippen LogP contribution in [-0.4, -0.2) is 73.0 Å². The van der Waals surface area contributed by atoms with Gasteiger partial charge in [0.25, 0.3) is 0 Å². The van der Waals surface area contributed by atoms with E-state index in [2.05, 4.69) is 15.2 Å². The molecule has 0 aliphatic carbocycles. The van der Waals surface area contributed by atoms with Gasteiger partial charge in [-0.2, -0.15) is 0 Å². The first-order chi connectivity index (χ1) is 21.7. The van der Waals surface area contributed by atoms with Crippen molar-refractivity contribution in [1.82, 2.24) is 20.1 Å². The number of para-hydroxylation sites is 1. The standard InChI is InChI=1S/C36H41ClFN5O2/c1-41(2)22-25-18-27-19-29(37)11-12-34(27)43(23-25)35(44)33(20-28-21-39-32-10-6-4-8-30(28)32)40-36(45)42-15-13-24(14-16-42)17-26-7-3-5-9-31(26)38/h3-12,19,21,24-25,33,39H,13-18,20,22-23H2,1-2H3,(H,40,45)/t25-,33-/m1/s1. The van der Waals surface area contributed by atoms with E-state index in [4.69, 9.17) is 11.6 Å². The second-order valence-electron chi connectivity index (χ2n) is 12.8. The first-order valence-corrected chi connectivity index (χ1v) is 16.2. The molecule has 2 aliphatic heterocycles. The van der Waals surface area contributed by atoms with Gasteiger partial charge in [-0.25, -0.2) is 9.18 Å². The van der Waals surface area contributed by atoms with Crippen LogP contribution in [0.15, 0.2) is 72.9 Å². The number of carbonyl (C=O) groups is 2. The van der Waals surface area contributed by atoms with E-state index in [-0.39, 0.29) is 23.7 Å². The molecule has 3 aromatic carbocycles. The van der Waals surface area contributed by atoms with Crippen LogP contribution in [0.5, 0.6) is 0 Å². The Morgan fingerprint density at radius 3 is 2.56 bits per heavy atom. The Morgan fingerprint density at radius 1 is 1.02 bits per heavy atom. The number of amides is 3. The highest BCUT2D eigenvalue weighted by Gasteiger charge is 2.35. The van der Waals surface area contributed by atoms with Gasteiger partial charge in [0, 0.05) is 60.4 Å². The van der Waals surface area contributed by atoms with Crippen molar-refractivity contribution < 1.29 is 14.0 Å². The number of aromatic amines is 1. The van der Waals surface area contributed by atoms with Crippen LogP contribution in [-0.2, 0) is 24.1 Å². The molecule has 7 nitrogen and oxygen atoms in total. The molecule has 236 valence electrons. The molecular formula is C36H41ClFN5O2. The molecule has 0 radical (unpaired) electrons. The van der Waals surface area contributed by atoms with Crippen molar-refractivity contribution >= 4 is 40.1 Å². The molecule has 9 heteroatoms. The third-order valence-corrected chi connectivity index (χ3v) is 9.47. The average molecular weight is 630 g/mol. The highest BCUT2D eigenvalue weighted by molar-refractivity contribution is 6.30. The Morgan fingerprint density at radius 2 is 1.78 bits per heavy atom. The summed E-state index contributed by atoms with van der Waals surface area (Å²) in [6, 6.07) is 19.6. The van der Waals surface area contributed by atoms with Crippen LogP contribution in [0.4, 0.5) is 14.9 Å². The Labute approximate surface area is 269 Å². The van der Waals surface area contributed by atoms with E-state index in [1.54, 1.807) is 11.0 Å². The fraction of sp³-hybridized carbons (Fsp3) is 0.389. The van der Waals surface area contributed by atoms with Gasteiger partial charge in [-0.05, 0) is 98.6 Å². The molecule has 45 heavy (non-hydrogen) atoms. The van der Waals surface area contributed by atoms with Crippen LogP contribution < -0.4 is 10.2 Å². The average Bonchev–Trinajstić information content (AvgIpc) is 3.43. The van der Waals surface area contributed by atoms with Crippen molar-refractivity contribution in [3.63, 3.8) is 0 Å². The molecule has 2 aliphatic rings. The Hall–Kier alpha value is -3.88. The summed E-state index contributed by atoms with van der Waals surface area (Å²) in [6.07, 6.45) is 5.36. The maximum atomic E-state index is 14.5. The molecule has 0 spiro atoms. The van der Waals surface area contributed by atoms with Crippen LogP contribution in [0.1, 0.15) is 29.5 Å². The molecule has 1 fully saturated rings. The summed E-state index contributed by atoms with van der Waals surface area (Å²) >= 11 is 6.39. The van der Waals surface area contributed by atoms with Crippen LogP contribution in [0.2, 0.25) is 5.02 Å². The second kappa shape index (κ2) is 13.6. The number of H-pyrrole nitrogens is 1. The summed E-state index contributed by atoms with van der Waals surface area (Å²) in [4.78, 5) is 37.4. The lowest BCUT2D eigenvalue weighted by molar-refractivity contribution is -0.120. The van der Waals surface area contributed by atoms with Crippen molar-refractivity contribution in [3.8, 4) is 0 Å². The fourth-order valence-electron chi connectivity index (χ4n) is 7.02. The molecule has 2 atom stereocenters. The maximum absolute atomic E-state index is 14.5. The predicted molar refractivity (Wildman–Crippen MR) is 178 cm³/mol. The molecule has 6 rings (SSSR count). The van der Waals surface area contributed by atoms with Crippen molar-refractivity contribution in [3.05, 3.63) is 100 Å². The summed E-state index contributed by atoms with van der Waals surface area (Å²) in [5.41, 5.74) is 4.59. The molecule has 1 aromatic heterocycles. The monoisotopic (exact) mass is 629 g/mol. The fourth-order valence-corrected chi connectivity index (χ4v) is 7.22. The van der Waals surface area contributed by atoms with E-state index in [1.165, 1.54) is 6.07 Å². The zero-order valence-electron chi connectivity index (χ0n) is 25.9. The van der Waals surface area contributed by atoms with E-state index in [1.807, 2.05) is 79.8 Å². The minimum absolute atomic E-state index is 0.130. The molecule has 3 amide bonds. The smallest absolute Gasteiger partial charge is 0.318 e. The lowest BCUT2D eigenvalue weighted by Gasteiger charge is -2.38. The van der Waals surface area contributed by atoms with Crippen molar-refractivity contribution in [2.24, 2.45) is 11.8 Å². The van der Waals surface area contributed by atoms with Crippen molar-refractivity contribution in [1.29, 1.82) is 0 Å². The van der Waals surface area contributed by atoms with E-state index in [0.717, 1.165) is 59.1 Å². The molecule has 0 bridgehead atoms. The topological polar surface area (TPSA) is 71.7 Å². The maximum Gasteiger partial charge on any atom is 0.318 e. The third kappa shape index (κ3) is 7.18. The molecule has 2 N–H and O–H groups in total. The minimum Gasteiger partial charge on any atom is -0.361 e.